The second-order valence-electron chi connectivity index (χ2n) is 6.46. The second kappa shape index (κ2) is 10.3. The standard InChI is InChI=1S/C21H25N5O4/c1-3-22-11-4-12-23-21-26-25-20(30-21)17-10-7-15(13-18(17)29-2)24-19(28)14-5-8-16(27)9-6-14/h5-10,13,22,27H,3-4,11-12H2,1-2H3,(H,23,26)(H,24,28). The van der Waals surface area contributed by atoms with Crippen LogP contribution >= 0.6 is 0 Å². The summed E-state index contributed by atoms with van der Waals surface area (Å²) in [5.41, 5.74) is 1.60. The molecule has 0 saturated heterocycles. The number of methoxy groups -OCH3 is 1. The summed E-state index contributed by atoms with van der Waals surface area (Å²) in [4.78, 5) is 12.4. The Labute approximate surface area is 174 Å². The van der Waals surface area contributed by atoms with Crippen LogP contribution in [0.4, 0.5) is 11.7 Å². The number of aromatic hydroxyl groups is 1. The number of hydrogen-bond donors (Lipinski definition) is 4. The van der Waals surface area contributed by atoms with Crippen molar-refractivity contribution in [2.24, 2.45) is 0 Å². The predicted molar refractivity (Wildman–Crippen MR) is 114 cm³/mol. The number of nitrogens with one attached hydrogen (secondary N) is 3. The summed E-state index contributed by atoms with van der Waals surface area (Å²) < 4.78 is 11.1. The molecule has 9 nitrogen and oxygen atoms in total. The fourth-order valence-electron chi connectivity index (χ4n) is 2.75. The summed E-state index contributed by atoms with van der Waals surface area (Å²) >= 11 is 0. The van der Waals surface area contributed by atoms with Crippen LogP contribution < -0.4 is 20.7 Å². The van der Waals surface area contributed by atoms with Gasteiger partial charge in [-0.05, 0) is 55.9 Å². The van der Waals surface area contributed by atoms with Crippen LogP contribution in [0.25, 0.3) is 11.5 Å². The molecule has 1 heterocycles. The van der Waals surface area contributed by atoms with E-state index in [-0.39, 0.29) is 11.7 Å². The van der Waals surface area contributed by atoms with E-state index in [0.29, 0.717) is 41.0 Å². The number of phenols is 1. The van der Waals surface area contributed by atoms with Gasteiger partial charge in [0, 0.05) is 23.9 Å². The minimum atomic E-state index is -0.299. The Morgan fingerprint density at radius 3 is 2.67 bits per heavy atom. The van der Waals surface area contributed by atoms with Gasteiger partial charge in [-0.15, -0.1) is 5.10 Å². The second-order valence-corrected chi connectivity index (χ2v) is 6.46. The molecule has 0 bridgehead atoms. The monoisotopic (exact) mass is 411 g/mol. The SMILES string of the molecule is CCNCCCNc1nnc(-c2ccc(NC(=O)c3ccc(O)cc3)cc2OC)o1. The van der Waals surface area contributed by atoms with E-state index < -0.39 is 0 Å². The van der Waals surface area contributed by atoms with Gasteiger partial charge in [-0.3, -0.25) is 4.79 Å². The maximum atomic E-state index is 12.4. The van der Waals surface area contributed by atoms with Gasteiger partial charge in [0.15, 0.2) is 0 Å². The smallest absolute Gasteiger partial charge is 0.315 e. The van der Waals surface area contributed by atoms with Gasteiger partial charge in [0.05, 0.1) is 12.7 Å². The zero-order valence-corrected chi connectivity index (χ0v) is 16.9. The van der Waals surface area contributed by atoms with Crippen molar-refractivity contribution in [2.75, 3.05) is 37.4 Å². The number of nitrogens with zero attached hydrogens (tertiary/aromatic N) is 2. The Hall–Kier alpha value is -3.59. The van der Waals surface area contributed by atoms with Gasteiger partial charge in [0.2, 0.25) is 0 Å². The molecule has 9 heteroatoms. The number of anilines is 2. The molecule has 0 unspecified atom stereocenters. The van der Waals surface area contributed by atoms with Crippen LogP contribution in [-0.2, 0) is 0 Å². The Bertz CT molecular complexity index is 972. The topological polar surface area (TPSA) is 122 Å². The number of phenolic OH excluding ortho intramolecular Hbond substituents is 1. The Morgan fingerprint density at radius 2 is 1.93 bits per heavy atom. The summed E-state index contributed by atoms with van der Waals surface area (Å²) in [6, 6.07) is 11.5. The van der Waals surface area contributed by atoms with Crippen LogP contribution in [0.15, 0.2) is 46.9 Å². The van der Waals surface area contributed by atoms with Gasteiger partial charge < -0.3 is 30.2 Å². The van der Waals surface area contributed by atoms with Gasteiger partial charge in [0.25, 0.3) is 11.8 Å². The third-order valence-corrected chi connectivity index (χ3v) is 4.30. The van der Waals surface area contributed by atoms with E-state index >= 15 is 0 Å². The van der Waals surface area contributed by atoms with E-state index in [1.54, 1.807) is 30.3 Å². The molecule has 1 amide bonds. The maximum absolute atomic E-state index is 12.4. The number of amides is 1. The highest BCUT2D eigenvalue weighted by Crippen LogP contribution is 2.32. The molecule has 0 atom stereocenters. The number of hydrogen-bond acceptors (Lipinski definition) is 8. The molecule has 3 rings (SSSR count). The zero-order valence-electron chi connectivity index (χ0n) is 16.9. The fraction of sp³-hybridized carbons (Fsp3) is 0.286. The van der Waals surface area contributed by atoms with Gasteiger partial charge in [0.1, 0.15) is 11.5 Å². The Kier molecular flexibility index (Phi) is 7.23. The van der Waals surface area contributed by atoms with Crippen LogP contribution in [0.2, 0.25) is 0 Å². The van der Waals surface area contributed by atoms with E-state index in [4.69, 9.17) is 9.15 Å². The Balaban J connectivity index is 1.67. The van der Waals surface area contributed by atoms with Crippen molar-refractivity contribution >= 4 is 17.6 Å². The minimum Gasteiger partial charge on any atom is -0.508 e. The van der Waals surface area contributed by atoms with Gasteiger partial charge in [-0.1, -0.05) is 12.0 Å². The van der Waals surface area contributed by atoms with Gasteiger partial charge >= 0.3 is 6.01 Å². The number of benzene rings is 2. The summed E-state index contributed by atoms with van der Waals surface area (Å²) in [6.07, 6.45) is 0.935. The first-order chi connectivity index (χ1) is 14.6. The average molecular weight is 411 g/mol. The lowest BCUT2D eigenvalue weighted by atomic mass is 10.1. The molecule has 0 saturated carbocycles. The summed E-state index contributed by atoms with van der Waals surface area (Å²) in [5, 5.41) is 26.6. The quantitative estimate of drug-likeness (QED) is 0.376. The first-order valence-corrected chi connectivity index (χ1v) is 9.67. The number of rotatable bonds is 10. The number of carbonyl (C=O) groups is 1. The molecule has 0 aliphatic heterocycles. The van der Waals surface area contributed by atoms with Crippen molar-refractivity contribution in [1.29, 1.82) is 0 Å². The van der Waals surface area contributed by atoms with Crippen molar-refractivity contribution in [3.05, 3.63) is 48.0 Å². The Morgan fingerprint density at radius 1 is 1.13 bits per heavy atom. The van der Waals surface area contributed by atoms with Gasteiger partial charge in [-0.25, -0.2) is 0 Å². The molecular formula is C21H25N5O4. The zero-order chi connectivity index (χ0) is 21.3. The van der Waals surface area contributed by atoms with E-state index in [1.165, 1.54) is 19.2 Å². The van der Waals surface area contributed by atoms with E-state index in [9.17, 15) is 9.90 Å². The average Bonchev–Trinajstić information content (AvgIpc) is 3.22. The van der Waals surface area contributed by atoms with Crippen LogP contribution in [-0.4, -0.2) is 48.0 Å². The number of carbonyl (C=O) groups excluding carboxylic acids is 1. The molecule has 0 radical (unpaired) electrons. The lowest BCUT2D eigenvalue weighted by Crippen LogP contribution is -2.17. The summed E-state index contributed by atoms with van der Waals surface area (Å²) in [5.74, 6) is 0.605. The van der Waals surface area contributed by atoms with Crippen LogP contribution in [0, 0.1) is 0 Å². The van der Waals surface area contributed by atoms with Crippen LogP contribution in [0.1, 0.15) is 23.7 Å². The molecule has 0 aliphatic rings. The minimum absolute atomic E-state index is 0.101. The predicted octanol–water partition coefficient (Wildman–Crippen LogP) is 3.11. The molecule has 4 N–H and O–H groups in total. The van der Waals surface area contributed by atoms with Crippen molar-refractivity contribution in [3.8, 4) is 23.0 Å². The molecule has 30 heavy (non-hydrogen) atoms. The fourth-order valence-corrected chi connectivity index (χ4v) is 2.75. The number of aromatic nitrogens is 2. The van der Waals surface area contributed by atoms with Gasteiger partial charge in [-0.2, -0.15) is 0 Å². The maximum Gasteiger partial charge on any atom is 0.315 e. The van der Waals surface area contributed by atoms with Crippen LogP contribution in [0.3, 0.4) is 0 Å². The van der Waals surface area contributed by atoms with E-state index in [2.05, 4.69) is 33.1 Å². The molecule has 1 aromatic heterocycles. The molecule has 2 aromatic carbocycles. The highest BCUT2D eigenvalue weighted by molar-refractivity contribution is 6.04. The molecule has 0 fully saturated rings. The molecule has 0 aliphatic carbocycles. The highest BCUT2D eigenvalue weighted by atomic mass is 16.5. The van der Waals surface area contributed by atoms with Crippen molar-refractivity contribution < 1.29 is 19.1 Å². The third-order valence-electron chi connectivity index (χ3n) is 4.30. The number of ether oxygens (including phenoxy) is 1. The highest BCUT2D eigenvalue weighted by Gasteiger charge is 2.15. The molecular weight excluding hydrogens is 386 g/mol. The largest absolute Gasteiger partial charge is 0.508 e. The normalized spacial score (nSPS) is 10.6. The summed E-state index contributed by atoms with van der Waals surface area (Å²) in [6.45, 7) is 4.63. The van der Waals surface area contributed by atoms with Crippen molar-refractivity contribution in [2.45, 2.75) is 13.3 Å². The molecule has 3 aromatic rings. The lowest BCUT2D eigenvalue weighted by Gasteiger charge is -2.10. The first-order valence-electron chi connectivity index (χ1n) is 9.67. The van der Waals surface area contributed by atoms with E-state index in [0.717, 1.165) is 19.5 Å². The molecule has 0 spiro atoms. The lowest BCUT2D eigenvalue weighted by molar-refractivity contribution is 0.102. The van der Waals surface area contributed by atoms with Crippen LogP contribution in [0.5, 0.6) is 11.5 Å². The first kappa shape index (κ1) is 21.1. The van der Waals surface area contributed by atoms with E-state index in [1.807, 2.05) is 0 Å². The summed E-state index contributed by atoms with van der Waals surface area (Å²) in [7, 11) is 1.53. The van der Waals surface area contributed by atoms with Crippen molar-refractivity contribution in [1.82, 2.24) is 15.5 Å². The third kappa shape index (κ3) is 5.48. The molecule has 158 valence electrons. The van der Waals surface area contributed by atoms with Crippen molar-refractivity contribution in [3.63, 3.8) is 0 Å².